The van der Waals surface area contributed by atoms with Crippen LogP contribution in [0.3, 0.4) is 0 Å². The Morgan fingerprint density at radius 2 is 2.28 bits per heavy atom. The molecular formula is C15H24O3. The van der Waals surface area contributed by atoms with Crippen molar-refractivity contribution in [1.29, 1.82) is 0 Å². The maximum Gasteiger partial charge on any atom is 0.116 e. The lowest BCUT2D eigenvalue weighted by molar-refractivity contribution is -0.297. The summed E-state index contributed by atoms with van der Waals surface area (Å²) >= 11 is 0. The van der Waals surface area contributed by atoms with Crippen LogP contribution in [0.2, 0.25) is 0 Å². The molecular weight excluding hydrogens is 228 g/mol. The number of hydrogen-bond acceptors (Lipinski definition) is 3. The van der Waals surface area contributed by atoms with Crippen LogP contribution in [-0.2, 0) is 4.89 Å². The van der Waals surface area contributed by atoms with E-state index >= 15 is 0 Å². The molecule has 0 bridgehead atoms. The molecule has 3 heteroatoms. The Morgan fingerprint density at radius 1 is 1.61 bits per heavy atom. The first-order valence-corrected chi connectivity index (χ1v) is 6.41. The van der Waals surface area contributed by atoms with Crippen molar-refractivity contribution < 1.29 is 15.3 Å². The normalized spacial score (nSPS) is 26.8. The molecule has 3 atom stereocenters. The molecule has 102 valence electrons. The number of aliphatic hydroxyl groups excluding tert-OH is 1. The molecule has 0 amide bonds. The van der Waals surface area contributed by atoms with E-state index in [1.54, 1.807) is 13.8 Å². The molecule has 1 rings (SSSR count). The molecule has 0 heterocycles. The van der Waals surface area contributed by atoms with E-state index in [0.29, 0.717) is 11.8 Å². The van der Waals surface area contributed by atoms with Gasteiger partial charge in [0, 0.05) is 0 Å². The Bertz CT molecular complexity index is 342. The topological polar surface area (TPSA) is 49.7 Å². The van der Waals surface area contributed by atoms with Crippen LogP contribution in [0.4, 0.5) is 0 Å². The van der Waals surface area contributed by atoms with Crippen molar-refractivity contribution in [2.24, 2.45) is 11.8 Å². The monoisotopic (exact) mass is 252 g/mol. The van der Waals surface area contributed by atoms with E-state index in [1.165, 1.54) is 0 Å². The van der Waals surface area contributed by atoms with Gasteiger partial charge in [-0.15, -0.1) is 0 Å². The summed E-state index contributed by atoms with van der Waals surface area (Å²) in [6.45, 7) is 9.55. The van der Waals surface area contributed by atoms with Gasteiger partial charge in [0.2, 0.25) is 0 Å². The van der Waals surface area contributed by atoms with Gasteiger partial charge in [-0.25, -0.2) is 4.89 Å². The van der Waals surface area contributed by atoms with Gasteiger partial charge in [-0.05, 0) is 44.1 Å². The second-order valence-corrected chi connectivity index (χ2v) is 5.66. The number of hydrogen-bond donors (Lipinski definition) is 2. The van der Waals surface area contributed by atoms with Crippen LogP contribution in [0.1, 0.15) is 33.6 Å². The molecule has 0 radical (unpaired) electrons. The summed E-state index contributed by atoms with van der Waals surface area (Å²) in [5.41, 5.74) is 0.152. The Labute approximate surface area is 109 Å². The predicted molar refractivity (Wildman–Crippen MR) is 73.1 cm³/mol. The smallest absolute Gasteiger partial charge is 0.116 e. The van der Waals surface area contributed by atoms with E-state index in [4.69, 9.17) is 5.26 Å². The Hall–Kier alpha value is -0.900. The molecule has 0 fully saturated rings. The van der Waals surface area contributed by atoms with Crippen LogP contribution < -0.4 is 0 Å². The molecule has 0 aromatic heterocycles. The van der Waals surface area contributed by atoms with Crippen molar-refractivity contribution in [2.75, 3.05) is 0 Å². The SMILES string of the molecule is C=C1C=C[C@@H]([C@@H](C)C/C=C/C(C)(C)OO)C[C@@H]1O. The summed E-state index contributed by atoms with van der Waals surface area (Å²) in [6, 6.07) is 0. The maximum atomic E-state index is 9.77. The van der Waals surface area contributed by atoms with Gasteiger partial charge in [-0.2, -0.15) is 0 Å². The lowest BCUT2D eigenvalue weighted by Gasteiger charge is -2.27. The van der Waals surface area contributed by atoms with E-state index in [-0.39, 0.29) is 0 Å². The molecule has 2 N–H and O–H groups in total. The van der Waals surface area contributed by atoms with Gasteiger partial charge in [0.1, 0.15) is 5.60 Å². The second-order valence-electron chi connectivity index (χ2n) is 5.66. The van der Waals surface area contributed by atoms with Gasteiger partial charge in [-0.3, -0.25) is 5.26 Å². The third-order valence-corrected chi connectivity index (χ3v) is 3.47. The van der Waals surface area contributed by atoms with Gasteiger partial charge < -0.3 is 5.11 Å². The Morgan fingerprint density at radius 3 is 2.83 bits per heavy atom. The van der Waals surface area contributed by atoms with E-state index in [1.807, 2.05) is 18.2 Å². The van der Waals surface area contributed by atoms with Crippen LogP contribution in [0, 0.1) is 11.8 Å². The molecule has 0 saturated carbocycles. The lowest BCUT2D eigenvalue weighted by Crippen LogP contribution is -2.22. The first-order valence-electron chi connectivity index (χ1n) is 6.41. The lowest BCUT2D eigenvalue weighted by atomic mass is 9.81. The molecule has 0 aliphatic heterocycles. The predicted octanol–water partition coefficient (Wildman–Crippen LogP) is 3.33. The molecule has 18 heavy (non-hydrogen) atoms. The molecule has 1 aliphatic rings. The van der Waals surface area contributed by atoms with Crippen molar-refractivity contribution in [3.8, 4) is 0 Å². The summed E-state index contributed by atoms with van der Waals surface area (Å²) in [5.74, 6) is 0.808. The minimum absolute atomic E-state index is 0.369. The molecule has 0 spiro atoms. The highest BCUT2D eigenvalue weighted by Gasteiger charge is 2.22. The zero-order chi connectivity index (χ0) is 13.8. The van der Waals surface area contributed by atoms with Crippen LogP contribution in [0.15, 0.2) is 36.5 Å². The van der Waals surface area contributed by atoms with Gasteiger partial charge in [0.25, 0.3) is 0 Å². The summed E-state index contributed by atoms with van der Waals surface area (Å²) < 4.78 is 0. The van der Waals surface area contributed by atoms with Crippen molar-refractivity contribution >= 4 is 0 Å². The third kappa shape index (κ3) is 4.41. The minimum Gasteiger partial charge on any atom is -0.388 e. The van der Waals surface area contributed by atoms with Crippen molar-refractivity contribution in [1.82, 2.24) is 0 Å². The second kappa shape index (κ2) is 6.32. The van der Waals surface area contributed by atoms with Crippen LogP contribution in [-0.4, -0.2) is 22.1 Å². The summed E-state index contributed by atoms with van der Waals surface area (Å²) in [7, 11) is 0. The fraction of sp³-hybridized carbons (Fsp3) is 0.600. The molecule has 0 aromatic rings. The highest BCUT2D eigenvalue weighted by molar-refractivity contribution is 5.24. The summed E-state index contributed by atoms with van der Waals surface area (Å²) in [6.07, 6.45) is 9.13. The Balaban J connectivity index is 2.49. The average molecular weight is 252 g/mol. The fourth-order valence-corrected chi connectivity index (χ4v) is 2.04. The number of rotatable bonds is 5. The van der Waals surface area contributed by atoms with E-state index < -0.39 is 11.7 Å². The van der Waals surface area contributed by atoms with Crippen LogP contribution in [0.5, 0.6) is 0 Å². The van der Waals surface area contributed by atoms with Gasteiger partial charge in [-0.1, -0.05) is 37.8 Å². The van der Waals surface area contributed by atoms with Gasteiger partial charge in [0.15, 0.2) is 0 Å². The number of aliphatic hydroxyl groups is 1. The Kier molecular flexibility index (Phi) is 5.32. The minimum atomic E-state index is -0.643. The number of allylic oxidation sites excluding steroid dienone is 2. The highest BCUT2D eigenvalue weighted by atomic mass is 17.1. The summed E-state index contributed by atoms with van der Waals surface area (Å²) in [5, 5.41) is 18.4. The van der Waals surface area contributed by atoms with Crippen molar-refractivity contribution in [2.45, 2.75) is 45.3 Å². The van der Waals surface area contributed by atoms with Gasteiger partial charge in [0.05, 0.1) is 6.10 Å². The molecule has 0 aromatic carbocycles. The molecule has 1 aliphatic carbocycles. The zero-order valence-electron chi connectivity index (χ0n) is 11.5. The molecule has 3 nitrogen and oxygen atoms in total. The molecule has 0 saturated heterocycles. The van der Waals surface area contributed by atoms with Crippen LogP contribution >= 0.6 is 0 Å². The van der Waals surface area contributed by atoms with Gasteiger partial charge >= 0.3 is 0 Å². The van der Waals surface area contributed by atoms with Crippen LogP contribution in [0.25, 0.3) is 0 Å². The quantitative estimate of drug-likeness (QED) is 0.448. The highest BCUT2D eigenvalue weighted by Crippen LogP contribution is 2.29. The zero-order valence-corrected chi connectivity index (χ0v) is 11.5. The van der Waals surface area contributed by atoms with E-state index in [2.05, 4.69) is 24.5 Å². The van der Waals surface area contributed by atoms with E-state index in [0.717, 1.165) is 18.4 Å². The third-order valence-electron chi connectivity index (χ3n) is 3.47. The first kappa shape index (κ1) is 15.2. The van der Waals surface area contributed by atoms with Crippen molar-refractivity contribution in [3.05, 3.63) is 36.5 Å². The largest absolute Gasteiger partial charge is 0.388 e. The van der Waals surface area contributed by atoms with E-state index in [9.17, 15) is 5.11 Å². The first-order chi connectivity index (χ1) is 8.35. The van der Waals surface area contributed by atoms with Crippen molar-refractivity contribution in [3.63, 3.8) is 0 Å². The standard InChI is InChI=1S/C15H24O3/c1-11(6-5-9-15(3,4)18-17)13-8-7-12(2)14(16)10-13/h5,7-9,11,13-14,16-17H,2,6,10H2,1,3-4H3/b9-5+/t11-,13+,14-/m0/s1. The molecule has 0 unspecified atom stereocenters. The average Bonchev–Trinajstić information content (AvgIpc) is 2.32. The fourth-order valence-electron chi connectivity index (χ4n) is 2.04. The maximum absolute atomic E-state index is 9.77. The summed E-state index contributed by atoms with van der Waals surface area (Å²) in [4.78, 5) is 4.34.